The van der Waals surface area contributed by atoms with E-state index >= 15 is 0 Å². The maximum absolute atomic E-state index is 12.9. The first-order chi connectivity index (χ1) is 13.3. The fourth-order valence-corrected chi connectivity index (χ4v) is 3.24. The lowest BCUT2D eigenvalue weighted by atomic mass is 10.1. The largest absolute Gasteiger partial charge is 0.459 e. The van der Waals surface area contributed by atoms with Gasteiger partial charge in [0.2, 0.25) is 5.91 Å². The van der Waals surface area contributed by atoms with Gasteiger partial charge in [-0.05, 0) is 54.7 Å². The Labute approximate surface area is 166 Å². The number of rotatable bonds is 8. The van der Waals surface area contributed by atoms with E-state index in [0.717, 1.165) is 29.8 Å². The lowest BCUT2D eigenvalue weighted by Gasteiger charge is -2.27. The number of carbonyl (C=O) groups excluding carboxylic acids is 2. The van der Waals surface area contributed by atoms with Gasteiger partial charge >= 0.3 is 0 Å². The van der Waals surface area contributed by atoms with E-state index in [1.165, 1.54) is 6.26 Å². The summed E-state index contributed by atoms with van der Waals surface area (Å²) in [4.78, 5) is 28.9. The van der Waals surface area contributed by atoms with Crippen molar-refractivity contribution in [3.8, 4) is 0 Å². The molecule has 1 aromatic heterocycles. The zero-order chi connectivity index (χ0) is 20.3. The van der Waals surface area contributed by atoms with Crippen molar-refractivity contribution in [2.75, 3.05) is 30.9 Å². The van der Waals surface area contributed by atoms with Crippen molar-refractivity contribution < 1.29 is 14.0 Å². The molecule has 1 heterocycles. The van der Waals surface area contributed by atoms with E-state index in [4.69, 9.17) is 4.42 Å². The smallest absolute Gasteiger partial charge is 0.289 e. The second kappa shape index (κ2) is 8.50. The first-order valence-corrected chi connectivity index (χ1v) is 9.79. The van der Waals surface area contributed by atoms with Gasteiger partial charge in [0, 0.05) is 44.5 Å². The summed E-state index contributed by atoms with van der Waals surface area (Å²) < 4.78 is 5.32. The van der Waals surface area contributed by atoms with E-state index in [0.29, 0.717) is 24.8 Å². The summed E-state index contributed by atoms with van der Waals surface area (Å²) in [6.07, 6.45) is 3.45. The normalized spacial score (nSPS) is 13.5. The van der Waals surface area contributed by atoms with Crippen LogP contribution in [-0.2, 0) is 11.3 Å². The molecule has 6 heteroatoms. The molecule has 6 nitrogen and oxygen atoms in total. The first kappa shape index (κ1) is 20.0. The molecule has 0 aliphatic heterocycles. The molecule has 1 fully saturated rings. The Kier molecular flexibility index (Phi) is 6.07. The van der Waals surface area contributed by atoms with Crippen LogP contribution in [0.5, 0.6) is 0 Å². The molecule has 2 aromatic rings. The Morgan fingerprint density at radius 2 is 1.96 bits per heavy atom. The van der Waals surface area contributed by atoms with Crippen LogP contribution in [0.15, 0.2) is 41.0 Å². The van der Waals surface area contributed by atoms with Gasteiger partial charge in [0.1, 0.15) is 0 Å². The highest BCUT2D eigenvalue weighted by Crippen LogP contribution is 2.31. The van der Waals surface area contributed by atoms with Crippen molar-refractivity contribution in [1.82, 2.24) is 4.90 Å². The summed E-state index contributed by atoms with van der Waals surface area (Å²) in [5.41, 5.74) is 2.78. The fraction of sp³-hybridized carbons (Fsp3) is 0.455. The van der Waals surface area contributed by atoms with Crippen LogP contribution in [0.25, 0.3) is 0 Å². The van der Waals surface area contributed by atoms with Crippen LogP contribution in [-0.4, -0.2) is 37.4 Å². The van der Waals surface area contributed by atoms with Crippen LogP contribution in [0, 0.1) is 11.8 Å². The number of hydrogen-bond donors (Lipinski definition) is 1. The Morgan fingerprint density at radius 1 is 1.21 bits per heavy atom. The molecule has 1 aromatic carbocycles. The highest BCUT2D eigenvalue weighted by molar-refractivity contribution is 5.94. The van der Waals surface area contributed by atoms with Gasteiger partial charge in [-0.3, -0.25) is 9.59 Å². The number of benzene rings is 1. The van der Waals surface area contributed by atoms with Gasteiger partial charge in [0.25, 0.3) is 5.91 Å². The summed E-state index contributed by atoms with van der Waals surface area (Å²) in [6.45, 7) is 5.23. The predicted molar refractivity (Wildman–Crippen MR) is 110 cm³/mol. The van der Waals surface area contributed by atoms with Crippen molar-refractivity contribution in [3.63, 3.8) is 0 Å². The molecule has 1 saturated carbocycles. The zero-order valence-electron chi connectivity index (χ0n) is 17.1. The summed E-state index contributed by atoms with van der Waals surface area (Å²) in [7, 11) is 3.95. The maximum atomic E-state index is 12.9. The topological polar surface area (TPSA) is 65.8 Å². The van der Waals surface area contributed by atoms with Crippen LogP contribution < -0.4 is 10.2 Å². The molecule has 150 valence electrons. The SMILES string of the molecule is CC(C)CN(Cc1cc(NC(=O)C2CC2)ccc1N(C)C)C(=O)c1ccco1. The number of amides is 2. The van der Waals surface area contributed by atoms with Crippen LogP contribution in [0.2, 0.25) is 0 Å². The third kappa shape index (κ3) is 4.94. The van der Waals surface area contributed by atoms with E-state index < -0.39 is 0 Å². The first-order valence-electron chi connectivity index (χ1n) is 9.79. The van der Waals surface area contributed by atoms with E-state index in [2.05, 4.69) is 19.2 Å². The standard InChI is InChI=1S/C22H29N3O3/c1-15(2)13-25(22(27)20-6-5-11-28-20)14-17-12-18(9-10-19(17)24(3)4)23-21(26)16-7-8-16/h5-6,9-12,15-16H,7-8,13-14H2,1-4H3,(H,23,26). The van der Waals surface area contributed by atoms with Gasteiger partial charge < -0.3 is 19.5 Å². The van der Waals surface area contributed by atoms with Crippen molar-refractivity contribution in [3.05, 3.63) is 47.9 Å². The number of anilines is 2. The summed E-state index contributed by atoms with van der Waals surface area (Å²) in [5.74, 6) is 0.754. The lowest BCUT2D eigenvalue weighted by Crippen LogP contribution is -2.34. The molecule has 1 aliphatic carbocycles. The van der Waals surface area contributed by atoms with Crippen molar-refractivity contribution in [2.45, 2.75) is 33.2 Å². The molecule has 2 amide bonds. The molecule has 1 aliphatic rings. The van der Waals surface area contributed by atoms with Gasteiger partial charge in [-0.15, -0.1) is 0 Å². The molecule has 0 radical (unpaired) electrons. The average molecular weight is 383 g/mol. The fourth-order valence-electron chi connectivity index (χ4n) is 3.24. The second-order valence-electron chi connectivity index (χ2n) is 8.06. The van der Waals surface area contributed by atoms with Crippen LogP contribution in [0.1, 0.15) is 42.8 Å². The van der Waals surface area contributed by atoms with Gasteiger partial charge in [-0.2, -0.15) is 0 Å². The zero-order valence-corrected chi connectivity index (χ0v) is 17.1. The molecular formula is C22H29N3O3. The molecule has 0 saturated heterocycles. The highest BCUT2D eigenvalue weighted by atomic mass is 16.3. The van der Waals surface area contributed by atoms with Crippen LogP contribution >= 0.6 is 0 Å². The predicted octanol–water partition coefficient (Wildman–Crippen LogP) is 3.99. The average Bonchev–Trinajstić information content (AvgIpc) is 3.35. The minimum atomic E-state index is -0.129. The molecule has 28 heavy (non-hydrogen) atoms. The quantitative estimate of drug-likeness (QED) is 0.748. The highest BCUT2D eigenvalue weighted by Gasteiger charge is 2.29. The summed E-state index contributed by atoms with van der Waals surface area (Å²) >= 11 is 0. The molecule has 0 atom stereocenters. The van der Waals surface area contributed by atoms with Crippen LogP contribution in [0.4, 0.5) is 11.4 Å². The molecule has 0 bridgehead atoms. The number of nitrogens with zero attached hydrogens (tertiary/aromatic N) is 2. The third-order valence-corrected chi connectivity index (χ3v) is 4.74. The number of furan rings is 1. The maximum Gasteiger partial charge on any atom is 0.289 e. The Balaban J connectivity index is 1.86. The van der Waals surface area contributed by atoms with E-state index in [9.17, 15) is 9.59 Å². The monoisotopic (exact) mass is 383 g/mol. The third-order valence-electron chi connectivity index (χ3n) is 4.74. The Hall–Kier alpha value is -2.76. The van der Waals surface area contributed by atoms with Gasteiger partial charge in [-0.25, -0.2) is 0 Å². The molecule has 0 spiro atoms. The molecule has 0 unspecified atom stereocenters. The Morgan fingerprint density at radius 3 is 2.54 bits per heavy atom. The number of nitrogens with one attached hydrogen (secondary N) is 1. The number of carbonyl (C=O) groups is 2. The van der Waals surface area contributed by atoms with Crippen molar-refractivity contribution >= 4 is 23.2 Å². The van der Waals surface area contributed by atoms with Gasteiger partial charge in [-0.1, -0.05) is 13.8 Å². The van der Waals surface area contributed by atoms with E-state index in [1.807, 2.05) is 37.2 Å². The molecule has 1 N–H and O–H groups in total. The van der Waals surface area contributed by atoms with Gasteiger partial charge in [0.15, 0.2) is 5.76 Å². The Bertz CT molecular complexity index is 824. The van der Waals surface area contributed by atoms with Crippen molar-refractivity contribution in [2.24, 2.45) is 11.8 Å². The number of hydrogen-bond acceptors (Lipinski definition) is 4. The van der Waals surface area contributed by atoms with E-state index in [-0.39, 0.29) is 17.7 Å². The lowest BCUT2D eigenvalue weighted by molar-refractivity contribution is -0.117. The second-order valence-corrected chi connectivity index (χ2v) is 8.06. The minimum Gasteiger partial charge on any atom is -0.459 e. The minimum absolute atomic E-state index is 0.0780. The van der Waals surface area contributed by atoms with Gasteiger partial charge in [0.05, 0.1) is 6.26 Å². The molecule has 3 rings (SSSR count). The van der Waals surface area contributed by atoms with E-state index in [1.54, 1.807) is 17.0 Å². The summed E-state index contributed by atoms with van der Waals surface area (Å²) in [6, 6.07) is 9.29. The summed E-state index contributed by atoms with van der Waals surface area (Å²) in [5, 5.41) is 3.00. The van der Waals surface area contributed by atoms with Crippen molar-refractivity contribution in [1.29, 1.82) is 0 Å². The van der Waals surface area contributed by atoms with Crippen LogP contribution in [0.3, 0.4) is 0 Å². The molecular weight excluding hydrogens is 354 g/mol.